The van der Waals surface area contributed by atoms with Crippen LogP contribution in [0.5, 0.6) is 5.75 Å². The highest BCUT2D eigenvalue weighted by molar-refractivity contribution is 7.92. The maximum absolute atomic E-state index is 12.7. The van der Waals surface area contributed by atoms with Gasteiger partial charge in [0.05, 0.1) is 12.9 Å². The van der Waals surface area contributed by atoms with Crippen LogP contribution in [0.4, 0.5) is 0 Å². The molecule has 5 nitrogen and oxygen atoms in total. The molecule has 0 aromatic heterocycles. The lowest BCUT2D eigenvalue weighted by Gasteiger charge is -2.28. The van der Waals surface area contributed by atoms with Crippen LogP contribution in [0.2, 0.25) is 5.02 Å². The second kappa shape index (κ2) is 8.41. The molecule has 140 valence electrons. The molecule has 0 bridgehead atoms. The molecule has 1 saturated carbocycles. The quantitative estimate of drug-likeness (QED) is 0.812. The van der Waals surface area contributed by atoms with E-state index >= 15 is 0 Å². The number of rotatable bonds is 6. The van der Waals surface area contributed by atoms with Crippen LogP contribution in [0, 0.1) is 5.92 Å². The van der Waals surface area contributed by atoms with Gasteiger partial charge < -0.3 is 10.1 Å². The van der Waals surface area contributed by atoms with Crippen molar-refractivity contribution in [1.82, 2.24) is 5.32 Å². The lowest BCUT2D eigenvalue weighted by atomic mass is 9.87. The summed E-state index contributed by atoms with van der Waals surface area (Å²) in [7, 11) is -2.20. The van der Waals surface area contributed by atoms with Gasteiger partial charge >= 0.3 is 0 Å². The molecule has 1 fully saturated rings. The van der Waals surface area contributed by atoms with Crippen LogP contribution in [0.15, 0.2) is 18.2 Å². The van der Waals surface area contributed by atoms with Gasteiger partial charge in [-0.1, -0.05) is 18.5 Å². The van der Waals surface area contributed by atoms with Crippen molar-refractivity contribution in [2.24, 2.45) is 5.92 Å². The average Bonchev–Trinajstić information content (AvgIpc) is 2.56. The van der Waals surface area contributed by atoms with E-state index in [1.807, 2.05) is 0 Å². The number of halogens is 1. The molecule has 0 radical (unpaired) electrons. The fourth-order valence-electron chi connectivity index (χ4n) is 3.09. The Bertz CT molecular complexity index is 712. The van der Waals surface area contributed by atoms with E-state index in [-0.39, 0.29) is 11.8 Å². The standard InChI is InChI=1S/C18H26ClNO4S/c1-12-4-7-16(8-5-12)20-18(21)13(2)25(22,23)11-14-10-15(19)6-9-17(14)24-3/h6,9-10,12-13,16H,4-5,7-8,11H2,1-3H3,(H,20,21)/t12?,13-,16?/m0/s1. The third-order valence-corrected chi connectivity index (χ3v) is 7.11. The zero-order valence-corrected chi connectivity index (χ0v) is 16.5. The van der Waals surface area contributed by atoms with Crippen LogP contribution in [0.25, 0.3) is 0 Å². The Kier molecular flexibility index (Phi) is 6.74. The number of ether oxygens (including phenoxy) is 1. The highest BCUT2D eigenvalue weighted by Gasteiger charge is 2.31. The van der Waals surface area contributed by atoms with Crippen molar-refractivity contribution in [1.29, 1.82) is 0 Å². The number of carbonyl (C=O) groups is 1. The number of amides is 1. The van der Waals surface area contributed by atoms with Gasteiger partial charge in [0.25, 0.3) is 0 Å². The van der Waals surface area contributed by atoms with Crippen molar-refractivity contribution in [3.8, 4) is 5.75 Å². The number of carbonyl (C=O) groups excluding carboxylic acids is 1. The molecule has 1 N–H and O–H groups in total. The molecule has 2 rings (SSSR count). The van der Waals surface area contributed by atoms with E-state index < -0.39 is 21.0 Å². The summed E-state index contributed by atoms with van der Waals surface area (Å²) in [6.45, 7) is 3.64. The fraction of sp³-hybridized carbons (Fsp3) is 0.611. The van der Waals surface area contributed by atoms with E-state index in [1.165, 1.54) is 14.0 Å². The zero-order valence-electron chi connectivity index (χ0n) is 14.9. The van der Waals surface area contributed by atoms with Gasteiger partial charge in [0.15, 0.2) is 9.84 Å². The zero-order chi connectivity index (χ0) is 18.6. The Labute approximate surface area is 155 Å². The molecule has 1 aromatic rings. The van der Waals surface area contributed by atoms with Gasteiger partial charge in [-0.15, -0.1) is 0 Å². The third kappa shape index (κ3) is 5.35. The highest BCUT2D eigenvalue weighted by atomic mass is 35.5. The van der Waals surface area contributed by atoms with E-state index in [4.69, 9.17) is 16.3 Å². The molecule has 0 heterocycles. The van der Waals surface area contributed by atoms with Crippen molar-refractivity contribution in [2.45, 2.75) is 56.6 Å². The first-order chi connectivity index (χ1) is 11.7. The smallest absolute Gasteiger partial charge is 0.238 e. The van der Waals surface area contributed by atoms with Crippen LogP contribution in [-0.4, -0.2) is 32.7 Å². The summed E-state index contributed by atoms with van der Waals surface area (Å²) in [6.07, 6.45) is 3.93. The minimum atomic E-state index is -3.67. The lowest BCUT2D eigenvalue weighted by molar-refractivity contribution is -0.121. The molecule has 0 unspecified atom stereocenters. The van der Waals surface area contributed by atoms with Crippen molar-refractivity contribution in [3.05, 3.63) is 28.8 Å². The van der Waals surface area contributed by atoms with Gasteiger partial charge in [0.2, 0.25) is 5.91 Å². The monoisotopic (exact) mass is 387 g/mol. The van der Waals surface area contributed by atoms with Crippen molar-refractivity contribution < 1.29 is 17.9 Å². The molecule has 1 aliphatic rings. The molecule has 0 aliphatic heterocycles. The van der Waals surface area contributed by atoms with Crippen LogP contribution in [0.1, 0.15) is 45.1 Å². The van der Waals surface area contributed by atoms with Crippen molar-refractivity contribution in [2.75, 3.05) is 7.11 Å². The van der Waals surface area contributed by atoms with Gasteiger partial charge in [-0.25, -0.2) is 8.42 Å². The Morgan fingerprint density at radius 3 is 2.56 bits per heavy atom. The number of sulfone groups is 1. The fourth-order valence-corrected chi connectivity index (χ4v) is 4.59. The van der Waals surface area contributed by atoms with E-state index in [1.54, 1.807) is 18.2 Å². The Morgan fingerprint density at radius 1 is 1.32 bits per heavy atom. The SMILES string of the molecule is COc1ccc(Cl)cc1CS(=O)(=O)[C@@H](C)C(=O)NC1CCC(C)CC1. The lowest BCUT2D eigenvalue weighted by Crippen LogP contribution is -2.44. The summed E-state index contributed by atoms with van der Waals surface area (Å²) in [5.74, 6) is 0.402. The van der Waals surface area contributed by atoms with E-state index in [2.05, 4.69) is 12.2 Å². The van der Waals surface area contributed by atoms with Crippen LogP contribution >= 0.6 is 11.6 Å². The van der Waals surface area contributed by atoms with Crippen LogP contribution in [0.3, 0.4) is 0 Å². The van der Waals surface area contributed by atoms with Gasteiger partial charge in [-0.2, -0.15) is 0 Å². The third-order valence-electron chi connectivity index (χ3n) is 4.87. The molecular formula is C18H26ClNO4S. The van der Waals surface area contributed by atoms with Gasteiger partial charge in [0.1, 0.15) is 11.0 Å². The highest BCUT2D eigenvalue weighted by Crippen LogP contribution is 2.26. The second-order valence-electron chi connectivity index (χ2n) is 6.87. The topological polar surface area (TPSA) is 72.5 Å². The predicted octanol–water partition coefficient (Wildman–Crippen LogP) is 3.35. The van der Waals surface area contributed by atoms with E-state index in [0.717, 1.165) is 25.7 Å². The maximum Gasteiger partial charge on any atom is 0.238 e. The Balaban J connectivity index is 2.05. The van der Waals surface area contributed by atoms with Gasteiger partial charge in [-0.05, 0) is 56.7 Å². The summed E-state index contributed by atoms with van der Waals surface area (Å²) >= 11 is 5.96. The summed E-state index contributed by atoms with van der Waals surface area (Å²) in [5, 5.41) is 2.21. The average molecular weight is 388 g/mol. The molecule has 1 aromatic carbocycles. The summed E-state index contributed by atoms with van der Waals surface area (Å²) < 4.78 is 30.5. The normalized spacial score (nSPS) is 22.2. The number of nitrogens with one attached hydrogen (secondary N) is 1. The van der Waals surface area contributed by atoms with Crippen molar-refractivity contribution >= 4 is 27.3 Å². The first-order valence-corrected chi connectivity index (χ1v) is 10.7. The molecule has 0 saturated heterocycles. The molecule has 25 heavy (non-hydrogen) atoms. The molecule has 1 aliphatic carbocycles. The summed E-state index contributed by atoms with van der Waals surface area (Å²) in [5.41, 5.74) is 0.459. The maximum atomic E-state index is 12.7. The van der Waals surface area contributed by atoms with E-state index in [0.29, 0.717) is 22.3 Å². The summed E-state index contributed by atoms with van der Waals surface area (Å²) in [4.78, 5) is 12.4. The van der Waals surface area contributed by atoms with Crippen LogP contribution in [-0.2, 0) is 20.4 Å². The largest absolute Gasteiger partial charge is 0.496 e. The molecule has 1 amide bonds. The van der Waals surface area contributed by atoms with Gasteiger partial charge in [-0.3, -0.25) is 4.79 Å². The first kappa shape index (κ1) is 20.0. The Morgan fingerprint density at radius 2 is 1.96 bits per heavy atom. The predicted molar refractivity (Wildman–Crippen MR) is 99.7 cm³/mol. The number of hydrogen-bond donors (Lipinski definition) is 1. The summed E-state index contributed by atoms with van der Waals surface area (Å²) in [6, 6.07) is 4.89. The van der Waals surface area contributed by atoms with Gasteiger partial charge in [0, 0.05) is 16.6 Å². The second-order valence-corrected chi connectivity index (χ2v) is 9.63. The Hall–Kier alpha value is -1.27. The molecule has 1 atom stereocenters. The van der Waals surface area contributed by atoms with E-state index in [9.17, 15) is 13.2 Å². The number of methoxy groups -OCH3 is 1. The molecular weight excluding hydrogens is 362 g/mol. The molecule has 0 spiro atoms. The minimum absolute atomic E-state index is 0.0713. The minimum Gasteiger partial charge on any atom is -0.496 e. The number of benzene rings is 1. The first-order valence-electron chi connectivity index (χ1n) is 8.57. The number of hydrogen-bond acceptors (Lipinski definition) is 4. The van der Waals surface area contributed by atoms with Crippen molar-refractivity contribution in [3.63, 3.8) is 0 Å². The van der Waals surface area contributed by atoms with Crippen LogP contribution < -0.4 is 10.1 Å². The molecule has 7 heteroatoms.